The number of ether oxygens (including phenoxy) is 2. The maximum atomic E-state index is 12.7. The van der Waals surface area contributed by atoms with Crippen LogP contribution in [0.1, 0.15) is 36.1 Å². The van der Waals surface area contributed by atoms with Crippen molar-refractivity contribution in [2.75, 3.05) is 6.61 Å². The molecule has 0 saturated carbocycles. The summed E-state index contributed by atoms with van der Waals surface area (Å²) in [6.45, 7) is 7.48. The summed E-state index contributed by atoms with van der Waals surface area (Å²) in [7, 11) is -0.261. The highest BCUT2D eigenvalue weighted by Crippen LogP contribution is 2.35. The predicted octanol–water partition coefficient (Wildman–Crippen LogP) is 7.13. The SMILES string of the molecule is Cc1cc([S+](c2ccccc2)c2ccccc2)cc(C)c1OCC(=O)OC(C)(C)c1ccc(C#N)cc1. The molecule has 0 spiro atoms. The Labute approximate surface area is 221 Å². The van der Waals surface area contributed by atoms with Crippen LogP contribution in [0.15, 0.2) is 112 Å². The molecule has 5 heteroatoms. The predicted molar refractivity (Wildman–Crippen MR) is 147 cm³/mol. The van der Waals surface area contributed by atoms with E-state index in [-0.39, 0.29) is 17.5 Å². The lowest BCUT2D eigenvalue weighted by Crippen LogP contribution is -2.28. The summed E-state index contributed by atoms with van der Waals surface area (Å²) in [6.07, 6.45) is 0. The number of hydrogen-bond acceptors (Lipinski definition) is 4. The summed E-state index contributed by atoms with van der Waals surface area (Å²) in [5.74, 6) is 0.243. The van der Waals surface area contributed by atoms with Gasteiger partial charge in [0.15, 0.2) is 21.3 Å². The number of rotatable bonds is 8. The van der Waals surface area contributed by atoms with Crippen LogP contribution in [-0.4, -0.2) is 12.6 Å². The fraction of sp³-hybridized carbons (Fsp3) is 0.188. The fourth-order valence-corrected chi connectivity index (χ4v) is 6.49. The van der Waals surface area contributed by atoms with Crippen molar-refractivity contribution in [1.29, 1.82) is 5.26 Å². The van der Waals surface area contributed by atoms with E-state index in [1.54, 1.807) is 24.3 Å². The van der Waals surface area contributed by atoms with E-state index in [0.717, 1.165) is 16.7 Å². The molecule has 0 aliphatic rings. The van der Waals surface area contributed by atoms with E-state index in [4.69, 9.17) is 14.7 Å². The van der Waals surface area contributed by atoms with Gasteiger partial charge in [-0.25, -0.2) is 4.79 Å². The molecule has 4 nitrogen and oxygen atoms in total. The van der Waals surface area contributed by atoms with Gasteiger partial charge in [0, 0.05) is 12.1 Å². The summed E-state index contributed by atoms with van der Waals surface area (Å²) in [5.41, 5.74) is 2.47. The Balaban J connectivity index is 1.51. The lowest BCUT2D eigenvalue weighted by Gasteiger charge is -2.26. The molecule has 0 heterocycles. The highest BCUT2D eigenvalue weighted by atomic mass is 32.2. The highest BCUT2D eigenvalue weighted by Gasteiger charge is 2.30. The Bertz CT molecular complexity index is 1350. The number of hydrogen-bond donors (Lipinski definition) is 0. The summed E-state index contributed by atoms with van der Waals surface area (Å²) < 4.78 is 11.7. The van der Waals surface area contributed by atoms with E-state index in [2.05, 4.69) is 66.7 Å². The number of esters is 1. The Morgan fingerprint density at radius 2 is 1.32 bits per heavy atom. The average molecular weight is 509 g/mol. The van der Waals surface area contributed by atoms with Gasteiger partial charge in [-0.3, -0.25) is 0 Å². The Kier molecular flexibility index (Phi) is 8.01. The first-order valence-corrected chi connectivity index (χ1v) is 13.3. The number of nitriles is 1. The normalized spacial score (nSPS) is 11.1. The molecule has 0 radical (unpaired) electrons. The molecule has 0 aliphatic carbocycles. The van der Waals surface area contributed by atoms with Crippen LogP contribution in [0.3, 0.4) is 0 Å². The summed E-state index contributed by atoms with van der Waals surface area (Å²) >= 11 is 0. The van der Waals surface area contributed by atoms with Crippen LogP contribution in [0.2, 0.25) is 0 Å². The maximum absolute atomic E-state index is 12.7. The van der Waals surface area contributed by atoms with E-state index in [1.165, 1.54) is 14.7 Å². The average Bonchev–Trinajstić information content (AvgIpc) is 2.89. The number of aryl methyl sites for hydroxylation is 2. The van der Waals surface area contributed by atoms with Crippen molar-refractivity contribution in [3.05, 3.63) is 119 Å². The minimum Gasteiger partial charge on any atom is -0.481 e. The smallest absolute Gasteiger partial charge is 0.345 e. The van der Waals surface area contributed by atoms with Gasteiger partial charge in [-0.2, -0.15) is 5.26 Å². The molecule has 0 aromatic heterocycles. The minimum atomic E-state index is -0.845. The van der Waals surface area contributed by atoms with Crippen LogP contribution in [0.25, 0.3) is 0 Å². The van der Waals surface area contributed by atoms with E-state index in [1.807, 2.05) is 39.8 Å². The van der Waals surface area contributed by atoms with Gasteiger partial charge in [0.25, 0.3) is 0 Å². The first kappa shape index (κ1) is 26.1. The summed E-state index contributed by atoms with van der Waals surface area (Å²) in [6, 6.07) is 34.4. The summed E-state index contributed by atoms with van der Waals surface area (Å²) in [5, 5.41) is 9.01. The standard InChI is InChI=1S/C32H30NO3S/c1-23-19-29(37(27-11-7-5-8-12-27)28-13-9-6-10-14-28)20-24(2)31(23)35-22-30(34)36-32(3,4)26-17-15-25(21-33)16-18-26/h5-20H,22H2,1-4H3/q+1. The molecule has 0 N–H and O–H groups in total. The third-order valence-electron chi connectivity index (χ3n) is 6.04. The van der Waals surface area contributed by atoms with Gasteiger partial charge in [0.05, 0.1) is 22.5 Å². The van der Waals surface area contributed by atoms with Crippen LogP contribution in [0.4, 0.5) is 0 Å². The van der Waals surface area contributed by atoms with E-state index in [9.17, 15) is 4.79 Å². The molecular weight excluding hydrogens is 478 g/mol. The van der Waals surface area contributed by atoms with Crippen molar-refractivity contribution in [3.8, 4) is 11.8 Å². The number of carbonyl (C=O) groups excluding carboxylic acids is 1. The monoisotopic (exact) mass is 508 g/mol. The van der Waals surface area contributed by atoms with Crippen LogP contribution in [-0.2, 0) is 26.0 Å². The zero-order valence-corrected chi connectivity index (χ0v) is 22.3. The zero-order valence-electron chi connectivity index (χ0n) is 21.5. The molecule has 0 amide bonds. The molecule has 0 bridgehead atoms. The van der Waals surface area contributed by atoms with Crippen LogP contribution >= 0.6 is 0 Å². The molecule has 4 rings (SSSR count). The van der Waals surface area contributed by atoms with Gasteiger partial charge in [-0.15, -0.1) is 0 Å². The largest absolute Gasteiger partial charge is 0.481 e. The van der Waals surface area contributed by atoms with Gasteiger partial charge in [0.2, 0.25) is 0 Å². The molecule has 0 aliphatic heterocycles. The highest BCUT2D eigenvalue weighted by molar-refractivity contribution is 7.97. The van der Waals surface area contributed by atoms with Gasteiger partial charge in [-0.05, 0) is 80.8 Å². The third kappa shape index (κ3) is 6.22. The van der Waals surface area contributed by atoms with Crippen molar-refractivity contribution in [2.24, 2.45) is 0 Å². The second kappa shape index (κ2) is 11.4. The van der Waals surface area contributed by atoms with Gasteiger partial charge in [0.1, 0.15) is 11.4 Å². The summed E-state index contributed by atoms with van der Waals surface area (Å²) in [4.78, 5) is 16.4. The van der Waals surface area contributed by atoms with Crippen molar-refractivity contribution in [2.45, 2.75) is 48.0 Å². The lowest BCUT2D eigenvalue weighted by molar-refractivity contribution is -0.159. The van der Waals surface area contributed by atoms with Crippen LogP contribution in [0, 0.1) is 25.2 Å². The van der Waals surface area contributed by atoms with Crippen molar-refractivity contribution in [1.82, 2.24) is 0 Å². The third-order valence-corrected chi connectivity index (χ3v) is 8.23. The first-order chi connectivity index (χ1) is 17.8. The van der Waals surface area contributed by atoms with Crippen LogP contribution in [0.5, 0.6) is 5.75 Å². The molecule has 4 aromatic rings. The van der Waals surface area contributed by atoms with Gasteiger partial charge >= 0.3 is 5.97 Å². The van der Waals surface area contributed by atoms with E-state index in [0.29, 0.717) is 11.3 Å². The molecule has 0 saturated heterocycles. The number of benzene rings is 4. The van der Waals surface area contributed by atoms with E-state index >= 15 is 0 Å². The van der Waals surface area contributed by atoms with Crippen molar-refractivity contribution >= 4 is 16.9 Å². The molecule has 4 aromatic carbocycles. The molecule has 186 valence electrons. The number of carbonyl (C=O) groups is 1. The molecule has 37 heavy (non-hydrogen) atoms. The minimum absolute atomic E-state index is 0.191. The van der Waals surface area contributed by atoms with Crippen molar-refractivity contribution in [3.63, 3.8) is 0 Å². The Morgan fingerprint density at radius 3 is 1.81 bits per heavy atom. The molecule has 0 atom stereocenters. The van der Waals surface area contributed by atoms with E-state index < -0.39 is 11.6 Å². The first-order valence-electron chi connectivity index (χ1n) is 12.1. The fourth-order valence-electron chi connectivity index (χ4n) is 4.23. The molecular formula is C32H30NO3S+. The Morgan fingerprint density at radius 1 is 0.811 bits per heavy atom. The molecule has 0 fully saturated rings. The van der Waals surface area contributed by atoms with Crippen molar-refractivity contribution < 1.29 is 14.3 Å². The van der Waals surface area contributed by atoms with Gasteiger partial charge < -0.3 is 9.47 Å². The number of nitrogens with zero attached hydrogens (tertiary/aromatic N) is 1. The quantitative estimate of drug-likeness (QED) is 0.188. The lowest BCUT2D eigenvalue weighted by atomic mass is 9.97. The Hall–Kier alpha value is -4.01. The topological polar surface area (TPSA) is 59.3 Å². The zero-order chi connectivity index (χ0) is 26.4. The molecule has 0 unspecified atom stereocenters. The van der Waals surface area contributed by atoms with Gasteiger partial charge in [-0.1, -0.05) is 48.5 Å². The second-order valence-corrected chi connectivity index (χ2v) is 11.3. The second-order valence-electron chi connectivity index (χ2n) is 9.28. The van der Waals surface area contributed by atoms with Crippen LogP contribution < -0.4 is 4.74 Å². The maximum Gasteiger partial charge on any atom is 0.345 e.